The second-order valence-electron chi connectivity index (χ2n) is 5.90. The van der Waals surface area contributed by atoms with Crippen molar-refractivity contribution in [2.45, 2.75) is 25.4 Å². The number of rotatable bonds is 6. The summed E-state index contributed by atoms with van der Waals surface area (Å²) in [6.07, 6.45) is 4.12. The van der Waals surface area contributed by atoms with E-state index in [1.54, 1.807) is 6.07 Å². The third-order valence-electron chi connectivity index (χ3n) is 4.14. The molecule has 2 aromatic rings. The maximum absolute atomic E-state index is 10.8. The Labute approximate surface area is 146 Å². The fourth-order valence-electron chi connectivity index (χ4n) is 3.07. The Morgan fingerprint density at radius 3 is 2.96 bits per heavy atom. The van der Waals surface area contributed by atoms with Crippen molar-refractivity contribution in [2.24, 2.45) is 5.73 Å². The molecule has 1 aromatic heterocycles. The van der Waals surface area contributed by atoms with Crippen LogP contribution in [0.3, 0.4) is 0 Å². The first kappa shape index (κ1) is 16.7. The summed E-state index contributed by atoms with van der Waals surface area (Å²) in [6, 6.07) is 12.0. The lowest BCUT2D eigenvalue weighted by Crippen LogP contribution is -2.23. The number of hydrogen-bond acceptors (Lipinski definition) is 4. The van der Waals surface area contributed by atoms with Gasteiger partial charge >= 0.3 is 0 Å². The van der Waals surface area contributed by atoms with Crippen LogP contribution < -0.4 is 10.5 Å². The number of pyridine rings is 1. The van der Waals surface area contributed by atoms with Crippen LogP contribution in [0.4, 0.5) is 0 Å². The number of nitrogens with two attached hydrogens (primary N) is 1. The van der Waals surface area contributed by atoms with Gasteiger partial charge in [-0.3, -0.25) is 14.7 Å². The van der Waals surface area contributed by atoms with Crippen LogP contribution in [0.15, 0.2) is 42.6 Å². The van der Waals surface area contributed by atoms with E-state index in [0.717, 1.165) is 37.2 Å². The highest BCUT2D eigenvalue weighted by atomic mass is 35.5. The fraction of sp³-hybridized carbons (Fsp3) is 0.333. The lowest BCUT2D eigenvalue weighted by molar-refractivity contribution is -0.119. The standard InChI is InChI=1S/C18H20ClN3O2/c19-14-10-13(6-7-17(14)24-12-18(20)23)11-22-9-3-5-16(22)15-4-1-2-8-21-15/h1-2,4,6-8,10,16H,3,5,9,11-12H2,(H2,20,23). The molecule has 126 valence electrons. The van der Waals surface area contributed by atoms with Crippen molar-refractivity contribution in [1.82, 2.24) is 9.88 Å². The van der Waals surface area contributed by atoms with Gasteiger partial charge in [0.2, 0.25) is 0 Å². The smallest absolute Gasteiger partial charge is 0.255 e. The van der Waals surface area contributed by atoms with Crippen LogP contribution in [0.25, 0.3) is 0 Å². The molecule has 1 aliphatic heterocycles. The summed E-state index contributed by atoms with van der Waals surface area (Å²) in [5.41, 5.74) is 7.30. The van der Waals surface area contributed by atoms with Crippen LogP contribution in [-0.2, 0) is 11.3 Å². The molecule has 6 heteroatoms. The summed E-state index contributed by atoms with van der Waals surface area (Å²) < 4.78 is 5.28. The van der Waals surface area contributed by atoms with Gasteiger partial charge in [0, 0.05) is 12.7 Å². The van der Waals surface area contributed by atoms with Crippen LogP contribution in [0.2, 0.25) is 5.02 Å². The number of carbonyl (C=O) groups excluding carboxylic acids is 1. The van der Waals surface area contributed by atoms with E-state index in [1.807, 2.05) is 30.5 Å². The Hall–Kier alpha value is -2.11. The first-order valence-electron chi connectivity index (χ1n) is 7.98. The molecule has 0 saturated carbocycles. The minimum atomic E-state index is -0.523. The molecule has 2 N–H and O–H groups in total. The van der Waals surface area contributed by atoms with Crippen LogP contribution >= 0.6 is 11.6 Å². The number of hydrogen-bond donors (Lipinski definition) is 1. The van der Waals surface area contributed by atoms with E-state index in [1.165, 1.54) is 0 Å². The quantitative estimate of drug-likeness (QED) is 0.874. The van der Waals surface area contributed by atoms with E-state index in [2.05, 4.69) is 16.0 Å². The van der Waals surface area contributed by atoms with Gasteiger partial charge in [-0.15, -0.1) is 0 Å². The van der Waals surface area contributed by atoms with Crippen molar-refractivity contribution in [3.05, 3.63) is 58.9 Å². The van der Waals surface area contributed by atoms with Crippen molar-refractivity contribution >= 4 is 17.5 Å². The van der Waals surface area contributed by atoms with Gasteiger partial charge in [0.05, 0.1) is 16.8 Å². The van der Waals surface area contributed by atoms with Crippen LogP contribution in [0.5, 0.6) is 5.75 Å². The third kappa shape index (κ3) is 4.04. The SMILES string of the molecule is NC(=O)COc1ccc(CN2CCCC2c2ccccn2)cc1Cl. The average molecular weight is 346 g/mol. The molecule has 3 rings (SSSR count). The summed E-state index contributed by atoms with van der Waals surface area (Å²) >= 11 is 6.24. The molecule has 0 spiro atoms. The molecule has 0 aliphatic carbocycles. The van der Waals surface area contributed by atoms with Crippen molar-refractivity contribution in [3.8, 4) is 5.75 Å². The molecule has 2 heterocycles. The summed E-state index contributed by atoms with van der Waals surface area (Å²) in [4.78, 5) is 17.7. The summed E-state index contributed by atoms with van der Waals surface area (Å²) in [5, 5.41) is 0.488. The molecule has 1 atom stereocenters. The Bertz CT molecular complexity index is 709. The van der Waals surface area contributed by atoms with E-state index in [9.17, 15) is 4.79 Å². The summed E-state index contributed by atoms with van der Waals surface area (Å²) in [7, 11) is 0. The first-order chi connectivity index (χ1) is 11.6. The van der Waals surface area contributed by atoms with Crippen molar-refractivity contribution in [1.29, 1.82) is 0 Å². The number of ether oxygens (including phenoxy) is 1. The molecule has 1 fully saturated rings. The largest absolute Gasteiger partial charge is 0.482 e. The van der Waals surface area contributed by atoms with E-state index >= 15 is 0 Å². The predicted octanol–water partition coefficient (Wildman–Crippen LogP) is 2.94. The van der Waals surface area contributed by atoms with Crippen molar-refractivity contribution in [2.75, 3.05) is 13.2 Å². The molecule has 0 radical (unpaired) electrons. The third-order valence-corrected chi connectivity index (χ3v) is 4.44. The molecule has 1 aromatic carbocycles. The van der Waals surface area contributed by atoms with Gasteiger partial charge in [-0.1, -0.05) is 23.7 Å². The van der Waals surface area contributed by atoms with Crippen LogP contribution in [0, 0.1) is 0 Å². The minimum absolute atomic E-state index is 0.174. The number of likely N-dealkylation sites (tertiary alicyclic amines) is 1. The second-order valence-corrected chi connectivity index (χ2v) is 6.31. The van der Waals surface area contributed by atoms with E-state index < -0.39 is 5.91 Å². The topological polar surface area (TPSA) is 68.5 Å². The monoisotopic (exact) mass is 345 g/mol. The number of benzene rings is 1. The summed E-state index contributed by atoms with van der Waals surface area (Å²) in [6.45, 7) is 1.67. The van der Waals surface area contributed by atoms with Gasteiger partial charge in [0.1, 0.15) is 5.75 Å². The van der Waals surface area contributed by atoms with Crippen molar-refractivity contribution in [3.63, 3.8) is 0 Å². The van der Waals surface area contributed by atoms with Gasteiger partial charge in [-0.05, 0) is 49.2 Å². The zero-order valence-electron chi connectivity index (χ0n) is 13.3. The lowest BCUT2D eigenvalue weighted by Gasteiger charge is -2.24. The molecule has 1 unspecified atom stereocenters. The van der Waals surface area contributed by atoms with Crippen LogP contribution in [0.1, 0.15) is 30.1 Å². The normalized spacial score (nSPS) is 17.8. The zero-order chi connectivity index (χ0) is 16.9. The number of aromatic nitrogens is 1. The molecular weight excluding hydrogens is 326 g/mol. The zero-order valence-corrected chi connectivity index (χ0v) is 14.1. The molecular formula is C18H20ClN3O2. The second kappa shape index (κ2) is 7.64. The molecule has 24 heavy (non-hydrogen) atoms. The number of primary amides is 1. The van der Waals surface area contributed by atoms with Crippen LogP contribution in [-0.4, -0.2) is 28.9 Å². The van der Waals surface area contributed by atoms with E-state index in [4.69, 9.17) is 22.1 Å². The van der Waals surface area contributed by atoms with Gasteiger partial charge in [0.25, 0.3) is 5.91 Å². The highest BCUT2D eigenvalue weighted by Gasteiger charge is 2.26. The fourth-order valence-corrected chi connectivity index (χ4v) is 3.32. The summed E-state index contributed by atoms with van der Waals surface area (Å²) in [5.74, 6) is -0.0488. The Balaban J connectivity index is 1.69. The first-order valence-corrected chi connectivity index (χ1v) is 8.36. The Morgan fingerprint density at radius 1 is 1.38 bits per heavy atom. The number of halogens is 1. The number of carbonyl (C=O) groups is 1. The Morgan fingerprint density at radius 2 is 2.25 bits per heavy atom. The molecule has 0 bridgehead atoms. The maximum atomic E-state index is 10.8. The number of amides is 1. The molecule has 1 amide bonds. The van der Waals surface area contributed by atoms with E-state index in [-0.39, 0.29) is 6.61 Å². The lowest BCUT2D eigenvalue weighted by atomic mass is 10.1. The average Bonchev–Trinajstić information content (AvgIpc) is 3.03. The van der Waals surface area contributed by atoms with Gasteiger partial charge < -0.3 is 10.5 Å². The molecule has 1 aliphatic rings. The van der Waals surface area contributed by atoms with Gasteiger partial charge in [-0.2, -0.15) is 0 Å². The Kier molecular flexibility index (Phi) is 5.33. The highest BCUT2D eigenvalue weighted by molar-refractivity contribution is 6.32. The molecule has 1 saturated heterocycles. The van der Waals surface area contributed by atoms with E-state index in [0.29, 0.717) is 16.8 Å². The molecule has 5 nitrogen and oxygen atoms in total. The minimum Gasteiger partial charge on any atom is -0.482 e. The van der Waals surface area contributed by atoms with Crippen molar-refractivity contribution < 1.29 is 9.53 Å². The maximum Gasteiger partial charge on any atom is 0.255 e. The highest BCUT2D eigenvalue weighted by Crippen LogP contribution is 2.33. The predicted molar refractivity (Wildman–Crippen MR) is 92.8 cm³/mol. The van der Waals surface area contributed by atoms with Gasteiger partial charge in [0.15, 0.2) is 6.61 Å². The van der Waals surface area contributed by atoms with Gasteiger partial charge in [-0.25, -0.2) is 0 Å². The number of nitrogens with zero attached hydrogens (tertiary/aromatic N) is 2.